The standard InChI is InChI=1S/C28H21Cl3N2O4/c29-18-6-7-22(30)21(14-18)26(34)32-24-8-5-16(13-23(24)31)27(35)33-10-9-15-11-17(28(36)37)12-20(15)19-3-1-2-4-25(19)33/h1-8,12-15,20H,9-11H2,(H,32,34)(H,36,37)/t15?,20-/m0/s1. The molecule has 1 aliphatic heterocycles. The van der Waals surface area contributed by atoms with E-state index in [2.05, 4.69) is 5.32 Å². The maximum absolute atomic E-state index is 13.6. The number of para-hydroxylation sites is 1. The van der Waals surface area contributed by atoms with Crippen LogP contribution in [-0.4, -0.2) is 29.4 Å². The predicted octanol–water partition coefficient (Wildman–Crippen LogP) is 7.06. The molecule has 2 N–H and O–H groups in total. The van der Waals surface area contributed by atoms with E-state index in [4.69, 9.17) is 34.8 Å². The van der Waals surface area contributed by atoms with E-state index < -0.39 is 11.9 Å². The maximum atomic E-state index is 13.6. The third-order valence-electron chi connectivity index (χ3n) is 6.84. The van der Waals surface area contributed by atoms with Crippen LogP contribution in [0.3, 0.4) is 0 Å². The second-order valence-corrected chi connectivity index (χ2v) is 10.3. The molecule has 0 radical (unpaired) electrons. The molecule has 1 aliphatic carbocycles. The van der Waals surface area contributed by atoms with Gasteiger partial charge in [0.05, 0.1) is 21.3 Å². The Balaban J connectivity index is 1.40. The molecule has 5 rings (SSSR count). The number of hydrogen-bond acceptors (Lipinski definition) is 3. The van der Waals surface area contributed by atoms with Gasteiger partial charge < -0.3 is 15.3 Å². The van der Waals surface area contributed by atoms with E-state index in [1.807, 2.05) is 30.3 Å². The number of carbonyl (C=O) groups excluding carboxylic acids is 2. The molecule has 2 aliphatic rings. The molecule has 1 unspecified atom stereocenters. The molecule has 9 heteroatoms. The normalized spacial score (nSPS) is 18.4. The van der Waals surface area contributed by atoms with Crippen LogP contribution >= 0.6 is 34.8 Å². The smallest absolute Gasteiger partial charge is 0.331 e. The highest BCUT2D eigenvalue weighted by Crippen LogP contribution is 2.46. The monoisotopic (exact) mass is 554 g/mol. The van der Waals surface area contributed by atoms with Gasteiger partial charge in [-0.15, -0.1) is 0 Å². The number of amides is 2. The number of fused-ring (bicyclic) bond motifs is 3. The van der Waals surface area contributed by atoms with Gasteiger partial charge in [0.15, 0.2) is 0 Å². The summed E-state index contributed by atoms with van der Waals surface area (Å²) in [4.78, 5) is 39.6. The fourth-order valence-electron chi connectivity index (χ4n) is 5.02. The lowest BCUT2D eigenvalue weighted by Gasteiger charge is -2.24. The van der Waals surface area contributed by atoms with Crippen LogP contribution in [-0.2, 0) is 4.79 Å². The summed E-state index contributed by atoms with van der Waals surface area (Å²) in [7, 11) is 0. The van der Waals surface area contributed by atoms with Gasteiger partial charge in [-0.3, -0.25) is 9.59 Å². The molecule has 188 valence electrons. The van der Waals surface area contributed by atoms with Gasteiger partial charge >= 0.3 is 5.97 Å². The average molecular weight is 556 g/mol. The van der Waals surface area contributed by atoms with Crippen LogP contribution in [0.4, 0.5) is 11.4 Å². The Hall–Kier alpha value is -3.32. The molecule has 0 saturated carbocycles. The van der Waals surface area contributed by atoms with Crippen molar-refractivity contribution in [3.63, 3.8) is 0 Å². The number of anilines is 2. The van der Waals surface area contributed by atoms with Crippen molar-refractivity contribution >= 4 is 64.0 Å². The molecular weight excluding hydrogens is 535 g/mol. The van der Waals surface area contributed by atoms with Crippen molar-refractivity contribution in [3.8, 4) is 0 Å². The van der Waals surface area contributed by atoms with Crippen molar-refractivity contribution in [1.29, 1.82) is 0 Å². The molecule has 1 heterocycles. The Morgan fingerprint density at radius 3 is 2.49 bits per heavy atom. The zero-order valence-corrected chi connectivity index (χ0v) is 21.6. The lowest BCUT2D eigenvalue weighted by atomic mass is 9.87. The number of aliphatic carboxylic acids is 1. The number of hydrogen-bond donors (Lipinski definition) is 2. The quantitative estimate of drug-likeness (QED) is 0.361. The van der Waals surface area contributed by atoms with Gasteiger partial charge in [-0.05, 0) is 66.8 Å². The number of rotatable bonds is 4. The molecule has 0 spiro atoms. The molecule has 0 saturated heterocycles. The number of halogens is 3. The van der Waals surface area contributed by atoms with Gasteiger partial charge in [0.1, 0.15) is 0 Å². The van der Waals surface area contributed by atoms with Crippen LogP contribution in [0.5, 0.6) is 0 Å². The summed E-state index contributed by atoms with van der Waals surface area (Å²) >= 11 is 18.6. The van der Waals surface area contributed by atoms with E-state index in [0.717, 1.165) is 11.3 Å². The number of nitrogens with one attached hydrogen (secondary N) is 1. The van der Waals surface area contributed by atoms with Crippen molar-refractivity contribution in [2.45, 2.75) is 18.8 Å². The zero-order valence-electron chi connectivity index (χ0n) is 19.4. The Bertz CT molecular complexity index is 1470. The van der Waals surface area contributed by atoms with E-state index in [0.29, 0.717) is 41.2 Å². The average Bonchev–Trinajstić information content (AvgIpc) is 3.25. The Morgan fingerprint density at radius 2 is 1.73 bits per heavy atom. The highest BCUT2D eigenvalue weighted by Gasteiger charge is 2.37. The van der Waals surface area contributed by atoms with E-state index >= 15 is 0 Å². The van der Waals surface area contributed by atoms with Gasteiger partial charge in [-0.1, -0.05) is 59.1 Å². The van der Waals surface area contributed by atoms with Crippen LogP contribution in [0, 0.1) is 5.92 Å². The molecule has 6 nitrogen and oxygen atoms in total. The van der Waals surface area contributed by atoms with Gasteiger partial charge in [-0.2, -0.15) is 0 Å². The first kappa shape index (κ1) is 25.3. The SMILES string of the molecule is O=C(O)C1=C[C@@H]2c3ccccc3N(C(=O)c3ccc(NC(=O)c4cc(Cl)ccc4Cl)c(Cl)c3)CCC2C1. The van der Waals surface area contributed by atoms with Crippen molar-refractivity contribution in [1.82, 2.24) is 0 Å². The van der Waals surface area contributed by atoms with Crippen LogP contribution < -0.4 is 10.2 Å². The number of nitrogens with zero attached hydrogens (tertiary/aromatic N) is 1. The second-order valence-electron chi connectivity index (χ2n) is 9.06. The number of benzene rings is 3. The van der Waals surface area contributed by atoms with Crippen LogP contribution in [0.2, 0.25) is 15.1 Å². The van der Waals surface area contributed by atoms with Crippen LogP contribution in [0.25, 0.3) is 0 Å². The second kappa shape index (κ2) is 10.2. The van der Waals surface area contributed by atoms with Crippen molar-refractivity contribution in [3.05, 3.63) is 104 Å². The minimum atomic E-state index is -0.891. The van der Waals surface area contributed by atoms with Crippen LogP contribution in [0.1, 0.15) is 45.0 Å². The number of carboxylic acids is 1. The van der Waals surface area contributed by atoms with E-state index in [-0.39, 0.29) is 33.4 Å². The molecule has 0 fully saturated rings. The highest BCUT2D eigenvalue weighted by atomic mass is 35.5. The number of carboxylic acid groups (broad SMARTS) is 1. The third kappa shape index (κ3) is 4.97. The van der Waals surface area contributed by atoms with Crippen LogP contribution in [0.15, 0.2) is 72.3 Å². The molecule has 0 aromatic heterocycles. The summed E-state index contributed by atoms with van der Waals surface area (Å²) in [5.74, 6) is -1.54. The molecule has 0 bridgehead atoms. The van der Waals surface area contributed by atoms with Crippen molar-refractivity contribution in [2.24, 2.45) is 5.92 Å². The number of allylic oxidation sites excluding steroid dienone is 1. The predicted molar refractivity (Wildman–Crippen MR) is 145 cm³/mol. The van der Waals surface area contributed by atoms with E-state index in [1.54, 1.807) is 23.1 Å². The summed E-state index contributed by atoms with van der Waals surface area (Å²) in [5.41, 5.74) is 3.02. The highest BCUT2D eigenvalue weighted by molar-refractivity contribution is 6.37. The topological polar surface area (TPSA) is 86.7 Å². The lowest BCUT2D eigenvalue weighted by Crippen LogP contribution is -2.32. The zero-order chi connectivity index (χ0) is 26.3. The van der Waals surface area contributed by atoms with Gasteiger partial charge in [0.2, 0.25) is 0 Å². The maximum Gasteiger partial charge on any atom is 0.331 e. The minimum Gasteiger partial charge on any atom is -0.478 e. The summed E-state index contributed by atoms with van der Waals surface area (Å²) < 4.78 is 0. The molecule has 3 aromatic rings. The Labute approximate surface area is 228 Å². The molecule has 2 amide bonds. The molecule has 37 heavy (non-hydrogen) atoms. The Morgan fingerprint density at radius 1 is 0.946 bits per heavy atom. The van der Waals surface area contributed by atoms with E-state index in [9.17, 15) is 19.5 Å². The summed E-state index contributed by atoms with van der Waals surface area (Å²) in [5, 5.41) is 13.0. The van der Waals surface area contributed by atoms with Gasteiger partial charge in [0, 0.05) is 34.3 Å². The van der Waals surface area contributed by atoms with Crippen molar-refractivity contribution in [2.75, 3.05) is 16.8 Å². The van der Waals surface area contributed by atoms with Crippen molar-refractivity contribution < 1.29 is 19.5 Å². The summed E-state index contributed by atoms with van der Waals surface area (Å²) in [6.07, 6.45) is 2.97. The fraction of sp³-hybridized carbons (Fsp3) is 0.179. The molecule has 3 aromatic carbocycles. The molecule has 2 atom stereocenters. The number of carbonyl (C=O) groups is 3. The third-order valence-corrected chi connectivity index (χ3v) is 7.72. The first-order valence-electron chi connectivity index (χ1n) is 11.6. The van der Waals surface area contributed by atoms with Gasteiger partial charge in [-0.25, -0.2) is 4.79 Å². The van der Waals surface area contributed by atoms with Gasteiger partial charge in [0.25, 0.3) is 11.8 Å². The Kier molecular flexibility index (Phi) is 6.99. The first-order valence-corrected chi connectivity index (χ1v) is 12.8. The molecular formula is C28H21Cl3N2O4. The first-order chi connectivity index (χ1) is 17.7. The lowest BCUT2D eigenvalue weighted by molar-refractivity contribution is -0.132. The minimum absolute atomic E-state index is 0.0559. The summed E-state index contributed by atoms with van der Waals surface area (Å²) in [6.45, 7) is 0.446. The fourth-order valence-corrected chi connectivity index (χ4v) is 5.63. The summed E-state index contributed by atoms with van der Waals surface area (Å²) in [6, 6.07) is 16.9. The van der Waals surface area contributed by atoms with E-state index in [1.165, 1.54) is 18.2 Å². The largest absolute Gasteiger partial charge is 0.478 e.